The Balaban J connectivity index is 3.04. The van der Waals surface area contributed by atoms with Crippen LogP contribution in [0, 0.1) is 5.21 Å². The van der Waals surface area contributed by atoms with E-state index in [9.17, 15) is 5.21 Å². The van der Waals surface area contributed by atoms with Crippen molar-refractivity contribution < 1.29 is 4.74 Å². The third-order valence-electron chi connectivity index (χ3n) is 1.51. The van der Waals surface area contributed by atoms with E-state index < -0.39 is 0 Å². The van der Waals surface area contributed by atoms with Crippen molar-refractivity contribution in [2.45, 2.75) is 6.92 Å². The van der Waals surface area contributed by atoms with Gasteiger partial charge in [-0.3, -0.25) is 4.98 Å². The Morgan fingerprint density at radius 2 is 2.27 bits per heavy atom. The molecule has 0 aromatic carbocycles. The lowest BCUT2D eigenvalue weighted by molar-refractivity contribution is -0.422. The number of rotatable bonds is 1. The minimum atomic E-state index is 0.630. The first-order valence-corrected chi connectivity index (χ1v) is 3.37. The van der Waals surface area contributed by atoms with Crippen molar-refractivity contribution in [1.82, 2.24) is 4.98 Å². The molecule has 0 spiro atoms. The quantitative estimate of drug-likeness (QED) is 0.259. The van der Waals surface area contributed by atoms with Gasteiger partial charge in [-0.15, -0.1) is 0 Å². The van der Waals surface area contributed by atoms with E-state index in [1.54, 1.807) is 13.1 Å². The molecule has 1 aromatic heterocycles. The van der Waals surface area contributed by atoms with Crippen LogP contribution < -0.4 is 0 Å². The largest absolute Gasteiger partial charge is 0.624 e. The van der Waals surface area contributed by atoms with Gasteiger partial charge in [0.25, 0.3) is 0 Å². The maximum Gasteiger partial charge on any atom is 0.209 e. The van der Waals surface area contributed by atoms with Gasteiger partial charge in [-0.25, -0.2) is 4.74 Å². The fourth-order valence-corrected chi connectivity index (χ4v) is 0.738. The minimum Gasteiger partial charge on any atom is -0.624 e. The summed E-state index contributed by atoms with van der Waals surface area (Å²) >= 11 is 0. The topological polar surface area (TPSA) is 39.0 Å². The van der Waals surface area contributed by atoms with Gasteiger partial charge in [0.05, 0.1) is 0 Å². The Kier molecular flexibility index (Phi) is 2.21. The molecule has 1 aromatic rings. The second-order valence-electron chi connectivity index (χ2n) is 2.30. The van der Waals surface area contributed by atoms with E-state index in [1.807, 2.05) is 18.2 Å². The van der Waals surface area contributed by atoms with Crippen molar-refractivity contribution in [2.24, 2.45) is 0 Å². The highest BCUT2D eigenvalue weighted by Crippen LogP contribution is 1.94. The fraction of sp³-hybridized carbons (Fsp3) is 0.250. The standard InChI is InChI=1S/C8H10N2O/c1-7(10(2)11)8-5-3-4-6-9-8/h3-6H,1-2H3. The summed E-state index contributed by atoms with van der Waals surface area (Å²) in [7, 11) is 1.46. The molecule has 0 unspecified atom stereocenters. The van der Waals surface area contributed by atoms with E-state index in [0.29, 0.717) is 5.71 Å². The van der Waals surface area contributed by atoms with Crippen molar-refractivity contribution in [3.63, 3.8) is 0 Å². The minimum absolute atomic E-state index is 0.630. The van der Waals surface area contributed by atoms with Crippen molar-refractivity contribution in [3.05, 3.63) is 35.3 Å². The van der Waals surface area contributed by atoms with E-state index in [1.165, 1.54) is 7.05 Å². The molecule has 1 rings (SSSR count). The Morgan fingerprint density at radius 3 is 2.73 bits per heavy atom. The molecule has 1 heterocycles. The van der Waals surface area contributed by atoms with Gasteiger partial charge in [-0.1, -0.05) is 6.07 Å². The molecule has 0 N–H and O–H groups in total. The predicted octanol–water partition coefficient (Wildman–Crippen LogP) is 1.03. The van der Waals surface area contributed by atoms with Crippen LogP contribution in [0.1, 0.15) is 12.6 Å². The monoisotopic (exact) mass is 150 g/mol. The van der Waals surface area contributed by atoms with Crippen LogP contribution in [-0.2, 0) is 0 Å². The van der Waals surface area contributed by atoms with Gasteiger partial charge in [-0.2, -0.15) is 0 Å². The smallest absolute Gasteiger partial charge is 0.209 e. The number of aromatic nitrogens is 1. The highest BCUT2D eigenvalue weighted by atomic mass is 16.5. The summed E-state index contributed by atoms with van der Waals surface area (Å²) in [6.45, 7) is 1.75. The van der Waals surface area contributed by atoms with Gasteiger partial charge >= 0.3 is 0 Å². The molecule has 0 aliphatic rings. The van der Waals surface area contributed by atoms with Gasteiger partial charge < -0.3 is 5.21 Å². The van der Waals surface area contributed by atoms with Crippen LogP contribution >= 0.6 is 0 Å². The Hall–Kier alpha value is -1.38. The van der Waals surface area contributed by atoms with Crippen molar-refractivity contribution in [2.75, 3.05) is 7.05 Å². The average molecular weight is 150 g/mol. The lowest BCUT2D eigenvalue weighted by atomic mass is 10.2. The fourth-order valence-electron chi connectivity index (χ4n) is 0.738. The number of pyridine rings is 1. The van der Waals surface area contributed by atoms with Crippen LogP contribution in [0.15, 0.2) is 24.4 Å². The molecule has 3 heteroatoms. The molecule has 11 heavy (non-hydrogen) atoms. The molecular weight excluding hydrogens is 140 g/mol. The van der Waals surface area contributed by atoms with E-state index in [2.05, 4.69) is 4.98 Å². The molecule has 58 valence electrons. The lowest BCUT2D eigenvalue weighted by Gasteiger charge is -2.00. The van der Waals surface area contributed by atoms with Crippen LogP contribution in [-0.4, -0.2) is 22.5 Å². The van der Waals surface area contributed by atoms with Crippen molar-refractivity contribution in [3.8, 4) is 0 Å². The zero-order valence-electron chi connectivity index (χ0n) is 6.61. The summed E-state index contributed by atoms with van der Waals surface area (Å²) in [4.78, 5) is 4.02. The number of hydroxylamine groups is 1. The third-order valence-corrected chi connectivity index (χ3v) is 1.51. The van der Waals surface area contributed by atoms with E-state index in [0.717, 1.165) is 10.4 Å². The van der Waals surface area contributed by atoms with Gasteiger partial charge in [0.2, 0.25) is 5.71 Å². The second-order valence-corrected chi connectivity index (χ2v) is 2.30. The van der Waals surface area contributed by atoms with Crippen molar-refractivity contribution in [1.29, 1.82) is 0 Å². The van der Waals surface area contributed by atoms with Gasteiger partial charge in [0, 0.05) is 13.1 Å². The number of hydrogen-bond donors (Lipinski definition) is 0. The summed E-state index contributed by atoms with van der Waals surface area (Å²) < 4.78 is 0.808. The predicted molar refractivity (Wildman–Crippen MR) is 43.6 cm³/mol. The molecule has 0 saturated heterocycles. The van der Waals surface area contributed by atoms with Crippen molar-refractivity contribution >= 4 is 5.71 Å². The molecule has 0 radical (unpaired) electrons. The Bertz CT molecular complexity index is 263. The number of nitrogens with zero attached hydrogens (tertiary/aromatic N) is 2. The Morgan fingerprint density at radius 1 is 1.55 bits per heavy atom. The van der Waals surface area contributed by atoms with Crippen LogP contribution in [0.2, 0.25) is 0 Å². The maximum atomic E-state index is 10.8. The SMILES string of the molecule is CC(c1ccccn1)=[N+](C)[O-]. The zero-order valence-corrected chi connectivity index (χ0v) is 6.61. The lowest BCUT2D eigenvalue weighted by Crippen LogP contribution is -2.10. The maximum absolute atomic E-state index is 10.8. The van der Waals surface area contributed by atoms with E-state index in [4.69, 9.17) is 0 Å². The first kappa shape index (κ1) is 7.72. The van der Waals surface area contributed by atoms with Gasteiger partial charge in [-0.05, 0) is 12.1 Å². The van der Waals surface area contributed by atoms with Crippen LogP contribution in [0.3, 0.4) is 0 Å². The third kappa shape index (κ3) is 1.77. The normalized spacial score (nSPS) is 12.5. The van der Waals surface area contributed by atoms with Crippen LogP contribution in [0.25, 0.3) is 0 Å². The molecule has 0 amide bonds. The second kappa shape index (κ2) is 3.14. The summed E-state index contributed by atoms with van der Waals surface area (Å²) in [5.41, 5.74) is 1.36. The molecule has 0 atom stereocenters. The zero-order chi connectivity index (χ0) is 8.27. The highest BCUT2D eigenvalue weighted by Gasteiger charge is 2.02. The first-order valence-electron chi connectivity index (χ1n) is 3.37. The first-order chi connectivity index (χ1) is 5.22. The van der Waals surface area contributed by atoms with E-state index in [-0.39, 0.29) is 0 Å². The van der Waals surface area contributed by atoms with Gasteiger partial charge in [0.15, 0.2) is 0 Å². The van der Waals surface area contributed by atoms with Crippen LogP contribution in [0.4, 0.5) is 0 Å². The Labute approximate surface area is 65.6 Å². The average Bonchev–Trinajstić information content (AvgIpc) is 2.05. The number of hydrogen-bond acceptors (Lipinski definition) is 2. The summed E-state index contributed by atoms with van der Waals surface area (Å²) in [5, 5.41) is 10.8. The summed E-state index contributed by atoms with van der Waals surface area (Å²) in [6.07, 6.45) is 1.67. The molecule has 0 fully saturated rings. The molecule has 0 saturated carbocycles. The molecular formula is C8H10N2O. The molecule has 3 nitrogen and oxygen atoms in total. The summed E-state index contributed by atoms with van der Waals surface area (Å²) in [6, 6.07) is 5.49. The molecule has 0 bridgehead atoms. The summed E-state index contributed by atoms with van der Waals surface area (Å²) in [5.74, 6) is 0. The van der Waals surface area contributed by atoms with E-state index >= 15 is 0 Å². The highest BCUT2D eigenvalue weighted by molar-refractivity contribution is 5.92. The molecule has 0 aliphatic heterocycles. The molecule has 0 aliphatic carbocycles. The van der Waals surface area contributed by atoms with Crippen LogP contribution in [0.5, 0.6) is 0 Å². The van der Waals surface area contributed by atoms with Gasteiger partial charge in [0.1, 0.15) is 12.7 Å².